The molecule has 0 aliphatic rings. The molecule has 8 nitrogen and oxygen atoms in total. The first-order valence-electron chi connectivity index (χ1n) is 17.2. The van der Waals surface area contributed by atoms with Gasteiger partial charge in [-0.1, -0.05) is 155 Å². The first-order chi connectivity index (χ1) is 20.1. The number of aliphatic hydroxyl groups is 2. The molecule has 0 bridgehead atoms. The predicted molar refractivity (Wildman–Crippen MR) is 170 cm³/mol. The van der Waals surface area contributed by atoms with Gasteiger partial charge in [0.05, 0.1) is 6.61 Å². The van der Waals surface area contributed by atoms with Gasteiger partial charge in [0.15, 0.2) is 23.3 Å². The van der Waals surface area contributed by atoms with Gasteiger partial charge < -0.3 is 20.0 Å². The standard InChI is InChI=1S/C33H65O8P/c1-3-5-7-9-11-13-15-16-18-19-21-23-25-27-30(34)32(36)33(37,29-41-42(38,39)40)31(35)28-26-24-22-20-17-14-12-10-8-6-4-2/h32,36-37H,3-29H2,1-2H3,(H2,38,39,40). The monoisotopic (exact) mass is 620 g/mol. The number of Topliss-reactive ketones (excluding diaryl/α,β-unsaturated/α-hetero) is 2. The molecule has 0 aromatic heterocycles. The maximum Gasteiger partial charge on any atom is 0.469 e. The van der Waals surface area contributed by atoms with Crippen LogP contribution in [0.4, 0.5) is 0 Å². The summed E-state index contributed by atoms with van der Waals surface area (Å²) in [5.74, 6) is -1.53. The van der Waals surface area contributed by atoms with E-state index in [2.05, 4.69) is 18.4 Å². The summed E-state index contributed by atoms with van der Waals surface area (Å²) >= 11 is 0. The van der Waals surface area contributed by atoms with Crippen molar-refractivity contribution in [1.29, 1.82) is 0 Å². The molecule has 4 N–H and O–H groups in total. The third kappa shape index (κ3) is 22.8. The van der Waals surface area contributed by atoms with Crippen molar-refractivity contribution < 1.29 is 38.7 Å². The third-order valence-electron chi connectivity index (χ3n) is 8.23. The molecule has 2 atom stereocenters. The van der Waals surface area contributed by atoms with Crippen LogP contribution < -0.4 is 0 Å². The third-order valence-corrected chi connectivity index (χ3v) is 8.69. The van der Waals surface area contributed by atoms with Crippen LogP contribution in [0.15, 0.2) is 0 Å². The molecule has 0 saturated carbocycles. The van der Waals surface area contributed by atoms with Gasteiger partial charge >= 0.3 is 7.82 Å². The average molecular weight is 621 g/mol. The van der Waals surface area contributed by atoms with Crippen molar-refractivity contribution in [2.75, 3.05) is 6.61 Å². The fourth-order valence-electron chi connectivity index (χ4n) is 5.38. The highest BCUT2D eigenvalue weighted by molar-refractivity contribution is 7.46. The lowest BCUT2D eigenvalue weighted by Gasteiger charge is -2.30. The molecule has 9 heteroatoms. The Balaban J connectivity index is 4.36. The highest BCUT2D eigenvalue weighted by atomic mass is 31.2. The topological polar surface area (TPSA) is 141 Å². The molecule has 0 rings (SSSR count). The van der Waals surface area contributed by atoms with Gasteiger partial charge in [0, 0.05) is 12.8 Å². The molecule has 0 amide bonds. The Morgan fingerprint density at radius 1 is 0.595 bits per heavy atom. The number of phosphoric acid groups is 1. The molecule has 0 aliphatic heterocycles. The zero-order valence-corrected chi connectivity index (χ0v) is 27.9. The highest BCUT2D eigenvalue weighted by Gasteiger charge is 2.47. The molecule has 0 saturated heterocycles. The molecular formula is C33H65O8P. The van der Waals surface area contributed by atoms with Gasteiger partial charge in [0.2, 0.25) is 0 Å². The second-order valence-corrected chi connectivity index (χ2v) is 13.5. The van der Waals surface area contributed by atoms with Crippen LogP contribution >= 0.6 is 7.82 Å². The normalized spacial score (nSPS) is 14.1. The van der Waals surface area contributed by atoms with Crippen molar-refractivity contribution in [2.45, 2.75) is 192 Å². The lowest BCUT2D eigenvalue weighted by Crippen LogP contribution is -2.56. The van der Waals surface area contributed by atoms with E-state index in [1.165, 1.54) is 96.3 Å². The minimum Gasteiger partial charge on any atom is -0.382 e. The van der Waals surface area contributed by atoms with Gasteiger partial charge in [-0.3, -0.25) is 14.1 Å². The Hall–Kier alpha value is -0.630. The lowest BCUT2D eigenvalue weighted by molar-refractivity contribution is -0.165. The SMILES string of the molecule is CCCCCCCCCCCCCCCC(=O)C(O)C(O)(COP(=O)(O)O)C(=O)CCCCCCCCCCCCC. The van der Waals surface area contributed by atoms with Gasteiger partial charge in [0.25, 0.3) is 0 Å². The summed E-state index contributed by atoms with van der Waals surface area (Å²) in [6.07, 6.45) is 24.7. The molecule has 42 heavy (non-hydrogen) atoms. The Kier molecular flexibility index (Phi) is 26.3. The summed E-state index contributed by atoms with van der Waals surface area (Å²) in [6.45, 7) is 3.31. The van der Waals surface area contributed by atoms with E-state index in [9.17, 15) is 24.4 Å². The smallest absolute Gasteiger partial charge is 0.382 e. The number of unbranched alkanes of at least 4 members (excludes halogenated alkanes) is 22. The quantitative estimate of drug-likeness (QED) is 0.0433. The summed E-state index contributed by atoms with van der Waals surface area (Å²) in [5.41, 5.74) is -2.67. The molecule has 0 aliphatic carbocycles. The zero-order valence-electron chi connectivity index (χ0n) is 27.0. The molecule has 0 heterocycles. The van der Waals surface area contributed by atoms with E-state index in [4.69, 9.17) is 9.79 Å². The summed E-state index contributed by atoms with van der Waals surface area (Å²) in [4.78, 5) is 43.7. The number of aliphatic hydroxyl groups excluding tert-OH is 1. The maximum atomic E-state index is 12.9. The average Bonchev–Trinajstić information content (AvgIpc) is 2.96. The molecule has 0 aromatic carbocycles. The number of hydrogen-bond donors (Lipinski definition) is 4. The minimum absolute atomic E-state index is 0.0110. The Morgan fingerprint density at radius 3 is 1.24 bits per heavy atom. The van der Waals surface area contributed by atoms with Crippen LogP contribution in [-0.2, 0) is 18.7 Å². The van der Waals surface area contributed by atoms with Gasteiger partial charge in [-0.2, -0.15) is 0 Å². The summed E-state index contributed by atoms with van der Waals surface area (Å²) in [6, 6.07) is 0. The number of phosphoric ester groups is 1. The number of rotatable bonds is 32. The lowest BCUT2D eigenvalue weighted by atomic mass is 9.85. The van der Waals surface area contributed by atoms with E-state index in [0.29, 0.717) is 12.8 Å². The molecule has 2 unspecified atom stereocenters. The van der Waals surface area contributed by atoms with E-state index in [-0.39, 0.29) is 12.8 Å². The van der Waals surface area contributed by atoms with Gasteiger partial charge in [-0.05, 0) is 12.8 Å². The molecular weight excluding hydrogens is 555 g/mol. The van der Waals surface area contributed by atoms with Gasteiger partial charge in [-0.15, -0.1) is 0 Å². The predicted octanol–water partition coefficient (Wildman–Crippen LogP) is 8.51. The van der Waals surface area contributed by atoms with Crippen molar-refractivity contribution in [3.8, 4) is 0 Å². The zero-order chi connectivity index (χ0) is 31.5. The summed E-state index contributed by atoms with van der Waals surface area (Å²) in [7, 11) is -5.01. The Bertz CT molecular complexity index is 710. The van der Waals surface area contributed by atoms with E-state index in [1.807, 2.05) is 0 Å². The van der Waals surface area contributed by atoms with E-state index in [1.54, 1.807) is 0 Å². The molecule has 0 fully saturated rings. The van der Waals surface area contributed by atoms with Crippen LogP contribution in [0.1, 0.15) is 181 Å². The van der Waals surface area contributed by atoms with Crippen molar-refractivity contribution >= 4 is 19.4 Å². The van der Waals surface area contributed by atoms with Crippen LogP contribution in [0, 0.1) is 0 Å². The van der Waals surface area contributed by atoms with Gasteiger partial charge in [-0.25, -0.2) is 4.57 Å². The Morgan fingerprint density at radius 2 is 0.905 bits per heavy atom. The summed E-state index contributed by atoms with van der Waals surface area (Å²) in [5, 5.41) is 21.6. The second-order valence-electron chi connectivity index (χ2n) is 12.3. The second kappa shape index (κ2) is 26.7. The van der Waals surface area contributed by atoms with Crippen LogP contribution in [0.5, 0.6) is 0 Å². The number of hydrogen-bond acceptors (Lipinski definition) is 6. The van der Waals surface area contributed by atoms with Crippen LogP contribution in [0.2, 0.25) is 0 Å². The highest BCUT2D eigenvalue weighted by Crippen LogP contribution is 2.38. The Labute approximate surface area is 257 Å². The van der Waals surface area contributed by atoms with Crippen molar-refractivity contribution in [2.24, 2.45) is 0 Å². The van der Waals surface area contributed by atoms with E-state index in [0.717, 1.165) is 44.9 Å². The van der Waals surface area contributed by atoms with Gasteiger partial charge in [0.1, 0.15) is 0 Å². The van der Waals surface area contributed by atoms with Crippen LogP contribution in [0.3, 0.4) is 0 Å². The fraction of sp³-hybridized carbons (Fsp3) is 0.939. The van der Waals surface area contributed by atoms with Crippen molar-refractivity contribution in [3.05, 3.63) is 0 Å². The van der Waals surface area contributed by atoms with E-state index >= 15 is 0 Å². The number of carbonyl (C=O) groups excluding carboxylic acids is 2. The maximum absolute atomic E-state index is 12.9. The summed E-state index contributed by atoms with van der Waals surface area (Å²) < 4.78 is 15.6. The van der Waals surface area contributed by atoms with Crippen LogP contribution in [-0.4, -0.2) is 49.9 Å². The molecule has 0 aromatic rings. The fourth-order valence-corrected chi connectivity index (χ4v) is 5.75. The first-order valence-corrected chi connectivity index (χ1v) is 18.8. The number of carbonyl (C=O) groups is 2. The van der Waals surface area contributed by atoms with Crippen molar-refractivity contribution in [3.63, 3.8) is 0 Å². The molecule has 0 spiro atoms. The van der Waals surface area contributed by atoms with E-state index < -0.39 is 37.7 Å². The largest absolute Gasteiger partial charge is 0.469 e. The number of ketones is 2. The first kappa shape index (κ1) is 41.4. The molecule has 0 radical (unpaired) electrons. The molecule has 250 valence electrons. The van der Waals surface area contributed by atoms with Crippen molar-refractivity contribution in [1.82, 2.24) is 0 Å². The minimum atomic E-state index is -5.01. The van der Waals surface area contributed by atoms with Crippen LogP contribution in [0.25, 0.3) is 0 Å².